The molecule has 136 valence electrons. The molecule has 2 heterocycles. The lowest BCUT2D eigenvalue weighted by atomic mass is 9.91. The molecule has 1 aromatic rings. The number of hydrogen-bond acceptors (Lipinski definition) is 5. The maximum absolute atomic E-state index is 12.5. The number of nitrogens with one attached hydrogen (secondary N) is 1. The van der Waals surface area contributed by atoms with Crippen LogP contribution >= 0.6 is 0 Å². The van der Waals surface area contributed by atoms with Crippen molar-refractivity contribution in [1.82, 2.24) is 20.2 Å². The van der Waals surface area contributed by atoms with Crippen molar-refractivity contribution in [3.8, 4) is 5.88 Å². The first-order valence-corrected chi connectivity index (χ1v) is 9.10. The van der Waals surface area contributed by atoms with Gasteiger partial charge in [0, 0.05) is 44.4 Å². The Labute approximate surface area is 148 Å². The summed E-state index contributed by atoms with van der Waals surface area (Å²) in [6.45, 7) is 2.96. The monoisotopic (exact) mass is 346 g/mol. The van der Waals surface area contributed by atoms with Gasteiger partial charge in [0.15, 0.2) is 0 Å². The van der Waals surface area contributed by atoms with Crippen LogP contribution in [0.1, 0.15) is 45.4 Å². The Morgan fingerprint density at radius 1 is 1.12 bits per heavy atom. The van der Waals surface area contributed by atoms with Gasteiger partial charge in [-0.25, -0.2) is 4.98 Å². The van der Waals surface area contributed by atoms with Crippen LogP contribution in [0.3, 0.4) is 0 Å². The molecule has 7 heteroatoms. The third-order valence-corrected chi connectivity index (χ3v) is 5.16. The minimum absolute atomic E-state index is 0.0316. The quantitative estimate of drug-likeness (QED) is 0.894. The lowest BCUT2D eigenvalue weighted by molar-refractivity contribution is -0.134. The van der Waals surface area contributed by atoms with Crippen LogP contribution in [-0.4, -0.2) is 51.9 Å². The summed E-state index contributed by atoms with van der Waals surface area (Å²) >= 11 is 0. The molecular formula is C18H26N4O3. The highest BCUT2D eigenvalue weighted by molar-refractivity contribution is 5.79. The van der Waals surface area contributed by atoms with Crippen LogP contribution in [0.5, 0.6) is 5.88 Å². The molecule has 1 aliphatic heterocycles. The van der Waals surface area contributed by atoms with E-state index in [-0.39, 0.29) is 29.9 Å². The minimum Gasteiger partial charge on any atom is -0.473 e. The highest BCUT2D eigenvalue weighted by atomic mass is 16.5. The van der Waals surface area contributed by atoms with Crippen molar-refractivity contribution >= 4 is 11.8 Å². The van der Waals surface area contributed by atoms with Gasteiger partial charge in [-0.3, -0.25) is 14.6 Å². The van der Waals surface area contributed by atoms with Crippen LogP contribution < -0.4 is 10.1 Å². The van der Waals surface area contributed by atoms with E-state index in [2.05, 4.69) is 15.3 Å². The smallest absolute Gasteiger partial charge is 0.232 e. The van der Waals surface area contributed by atoms with Gasteiger partial charge >= 0.3 is 0 Å². The van der Waals surface area contributed by atoms with Crippen molar-refractivity contribution in [2.75, 3.05) is 13.1 Å². The van der Waals surface area contributed by atoms with Crippen LogP contribution in [0.25, 0.3) is 0 Å². The third-order valence-electron chi connectivity index (χ3n) is 5.16. The zero-order valence-corrected chi connectivity index (χ0v) is 14.7. The maximum atomic E-state index is 12.5. The van der Waals surface area contributed by atoms with Gasteiger partial charge in [-0.2, -0.15) is 0 Å². The summed E-state index contributed by atoms with van der Waals surface area (Å²) in [6, 6.07) is 0.222. The number of rotatable bonds is 4. The summed E-state index contributed by atoms with van der Waals surface area (Å²) in [7, 11) is 0. The summed E-state index contributed by atoms with van der Waals surface area (Å²) in [5.74, 6) is 0.832. The van der Waals surface area contributed by atoms with Gasteiger partial charge in [-0.1, -0.05) is 0 Å². The number of aromatic nitrogens is 2. The number of hydrogen-bond donors (Lipinski definition) is 1. The normalized spacial score (nSPS) is 24.6. The highest BCUT2D eigenvalue weighted by Crippen LogP contribution is 2.24. The molecule has 0 spiro atoms. The number of amides is 2. The zero-order valence-electron chi connectivity index (χ0n) is 14.7. The van der Waals surface area contributed by atoms with E-state index in [1.807, 2.05) is 4.90 Å². The van der Waals surface area contributed by atoms with Gasteiger partial charge < -0.3 is 15.0 Å². The molecule has 2 aliphatic rings. The summed E-state index contributed by atoms with van der Waals surface area (Å²) in [6.07, 6.45) is 10.2. The van der Waals surface area contributed by atoms with Crippen LogP contribution in [0.15, 0.2) is 18.6 Å². The molecule has 0 radical (unpaired) electrons. The molecule has 0 unspecified atom stereocenters. The molecule has 7 nitrogen and oxygen atoms in total. The molecular weight excluding hydrogens is 320 g/mol. The standard InChI is InChI=1S/C18H26N4O3/c1-13(23)22-10-6-14(7-11-22)18(24)21-15-2-4-16(5-3-15)25-17-12-19-8-9-20-17/h8-9,12,14-16H,2-7,10-11H2,1H3,(H,21,24). The Morgan fingerprint density at radius 2 is 1.84 bits per heavy atom. The molecule has 0 bridgehead atoms. The third kappa shape index (κ3) is 4.90. The van der Waals surface area contributed by atoms with E-state index >= 15 is 0 Å². The predicted molar refractivity (Wildman–Crippen MR) is 91.8 cm³/mol. The van der Waals surface area contributed by atoms with Gasteiger partial charge in [0.25, 0.3) is 0 Å². The van der Waals surface area contributed by atoms with E-state index < -0.39 is 0 Å². The van der Waals surface area contributed by atoms with Gasteiger partial charge in [0.05, 0.1) is 6.20 Å². The van der Waals surface area contributed by atoms with E-state index in [9.17, 15) is 9.59 Å². The number of carbonyl (C=O) groups is 2. The number of carbonyl (C=O) groups excluding carboxylic acids is 2. The largest absolute Gasteiger partial charge is 0.473 e. The SMILES string of the molecule is CC(=O)N1CCC(C(=O)NC2CCC(Oc3cnccn3)CC2)CC1. The fourth-order valence-corrected chi connectivity index (χ4v) is 3.62. The Kier molecular flexibility index (Phi) is 5.83. The summed E-state index contributed by atoms with van der Waals surface area (Å²) in [4.78, 5) is 33.8. The Bertz CT molecular complexity index is 579. The molecule has 2 fully saturated rings. The molecule has 1 saturated heterocycles. The molecule has 0 atom stereocenters. The van der Waals surface area contributed by atoms with Crippen molar-refractivity contribution < 1.29 is 14.3 Å². The zero-order chi connectivity index (χ0) is 17.6. The van der Waals surface area contributed by atoms with Crippen LogP contribution in [0.4, 0.5) is 0 Å². The molecule has 2 amide bonds. The molecule has 25 heavy (non-hydrogen) atoms. The maximum Gasteiger partial charge on any atom is 0.232 e. The Hall–Kier alpha value is -2.18. The second kappa shape index (κ2) is 8.27. The fraction of sp³-hybridized carbons (Fsp3) is 0.667. The number of piperidine rings is 1. The number of likely N-dealkylation sites (tertiary alicyclic amines) is 1. The van der Waals surface area contributed by atoms with E-state index in [0.717, 1.165) is 38.5 Å². The molecule has 1 saturated carbocycles. The molecule has 0 aromatic carbocycles. The van der Waals surface area contributed by atoms with E-state index in [4.69, 9.17) is 4.74 Å². The first-order valence-electron chi connectivity index (χ1n) is 9.10. The molecule has 1 N–H and O–H groups in total. The first-order chi connectivity index (χ1) is 12.1. The number of nitrogens with zero attached hydrogens (tertiary/aromatic N) is 3. The van der Waals surface area contributed by atoms with Crippen LogP contribution in [0.2, 0.25) is 0 Å². The average molecular weight is 346 g/mol. The van der Waals surface area contributed by atoms with Crippen molar-refractivity contribution in [1.29, 1.82) is 0 Å². The van der Waals surface area contributed by atoms with E-state index in [0.29, 0.717) is 19.0 Å². The Morgan fingerprint density at radius 3 is 2.44 bits per heavy atom. The fourth-order valence-electron chi connectivity index (χ4n) is 3.62. The number of ether oxygens (including phenoxy) is 1. The minimum atomic E-state index is 0.0316. The topological polar surface area (TPSA) is 84.4 Å². The first kappa shape index (κ1) is 17.6. The predicted octanol–water partition coefficient (Wildman–Crippen LogP) is 1.54. The van der Waals surface area contributed by atoms with Crippen molar-refractivity contribution in [3.05, 3.63) is 18.6 Å². The average Bonchev–Trinajstić information content (AvgIpc) is 2.64. The van der Waals surface area contributed by atoms with Crippen molar-refractivity contribution in [2.24, 2.45) is 5.92 Å². The summed E-state index contributed by atoms with van der Waals surface area (Å²) in [5, 5.41) is 3.19. The molecule has 1 aliphatic carbocycles. The van der Waals surface area contributed by atoms with E-state index in [1.54, 1.807) is 25.5 Å². The van der Waals surface area contributed by atoms with Gasteiger partial charge in [-0.15, -0.1) is 0 Å². The molecule has 3 rings (SSSR count). The second-order valence-corrected chi connectivity index (χ2v) is 6.92. The van der Waals surface area contributed by atoms with Gasteiger partial charge in [0.1, 0.15) is 6.10 Å². The second-order valence-electron chi connectivity index (χ2n) is 6.92. The van der Waals surface area contributed by atoms with Gasteiger partial charge in [0.2, 0.25) is 17.7 Å². The van der Waals surface area contributed by atoms with E-state index in [1.165, 1.54) is 0 Å². The summed E-state index contributed by atoms with van der Waals surface area (Å²) in [5.41, 5.74) is 0. The van der Waals surface area contributed by atoms with Crippen molar-refractivity contribution in [2.45, 2.75) is 57.6 Å². The van der Waals surface area contributed by atoms with Crippen LogP contribution in [0, 0.1) is 5.92 Å². The summed E-state index contributed by atoms with van der Waals surface area (Å²) < 4.78 is 5.84. The van der Waals surface area contributed by atoms with Crippen molar-refractivity contribution in [3.63, 3.8) is 0 Å². The van der Waals surface area contributed by atoms with Crippen LogP contribution in [-0.2, 0) is 9.59 Å². The van der Waals surface area contributed by atoms with Gasteiger partial charge in [-0.05, 0) is 38.5 Å². The Balaban J connectivity index is 1.39. The molecule has 1 aromatic heterocycles. The highest BCUT2D eigenvalue weighted by Gasteiger charge is 2.29. The lowest BCUT2D eigenvalue weighted by Gasteiger charge is -2.33. The lowest BCUT2D eigenvalue weighted by Crippen LogP contribution is -2.46.